The molecule has 5 heteroatoms. The zero-order valence-electron chi connectivity index (χ0n) is 12.4. The molecule has 19 heavy (non-hydrogen) atoms. The highest BCUT2D eigenvalue weighted by Gasteiger charge is 2.22. The molecule has 0 spiro atoms. The summed E-state index contributed by atoms with van der Waals surface area (Å²) >= 11 is 0. The molecule has 0 aromatic carbocycles. The Morgan fingerprint density at radius 3 is 2.58 bits per heavy atom. The van der Waals surface area contributed by atoms with Crippen molar-refractivity contribution in [2.24, 2.45) is 5.92 Å². The van der Waals surface area contributed by atoms with Gasteiger partial charge in [0.1, 0.15) is 5.76 Å². The third kappa shape index (κ3) is 5.03. The highest BCUT2D eigenvalue weighted by molar-refractivity contribution is 5.92. The molecule has 2 atom stereocenters. The summed E-state index contributed by atoms with van der Waals surface area (Å²) in [7, 11) is 0. The smallest absolute Gasteiger partial charge is 0.273 e. The van der Waals surface area contributed by atoms with Gasteiger partial charge in [-0.15, -0.1) is 0 Å². The van der Waals surface area contributed by atoms with Gasteiger partial charge < -0.3 is 14.9 Å². The molecule has 1 rings (SSSR count). The van der Waals surface area contributed by atoms with Crippen LogP contribution in [-0.2, 0) is 5.41 Å². The monoisotopic (exact) mass is 268 g/mol. The molecular weight excluding hydrogens is 244 g/mol. The summed E-state index contributed by atoms with van der Waals surface area (Å²) in [5.41, 5.74) is 0.139. The highest BCUT2D eigenvalue weighted by Crippen LogP contribution is 2.22. The number of aliphatic hydroxyl groups is 1. The van der Waals surface area contributed by atoms with Gasteiger partial charge in [-0.2, -0.15) is 0 Å². The molecule has 0 radical (unpaired) electrons. The highest BCUT2D eigenvalue weighted by atomic mass is 16.5. The summed E-state index contributed by atoms with van der Waals surface area (Å²) in [6, 6.07) is 1.68. The van der Waals surface area contributed by atoms with Crippen molar-refractivity contribution in [3.05, 3.63) is 17.5 Å². The predicted molar refractivity (Wildman–Crippen MR) is 73.0 cm³/mol. The van der Waals surface area contributed by atoms with E-state index in [1.807, 2.05) is 27.7 Å². The summed E-state index contributed by atoms with van der Waals surface area (Å²) in [5, 5.41) is 15.8. The molecule has 1 aromatic rings. The van der Waals surface area contributed by atoms with Gasteiger partial charge in [0.05, 0.1) is 6.10 Å². The van der Waals surface area contributed by atoms with Crippen LogP contribution in [0, 0.1) is 5.92 Å². The Hall–Kier alpha value is -1.36. The van der Waals surface area contributed by atoms with E-state index in [9.17, 15) is 9.90 Å². The molecule has 0 saturated carbocycles. The number of nitrogens with one attached hydrogen (secondary N) is 1. The van der Waals surface area contributed by atoms with Crippen molar-refractivity contribution in [2.75, 3.05) is 6.54 Å². The molecule has 0 aliphatic carbocycles. The molecule has 1 amide bonds. The average molecular weight is 268 g/mol. The zero-order valence-corrected chi connectivity index (χ0v) is 12.4. The zero-order chi connectivity index (χ0) is 14.6. The molecule has 2 N–H and O–H groups in total. The molecule has 0 bridgehead atoms. The van der Waals surface area contributed by atoms with Gasteiger partial charge in [-0.1, -0.05) is 32.9 Å². The number of hydrogen-bond donors (Lipinski definition) is 2. The minimum Gasteiger partial charge on any atom is -0.393 e. The first kappa shape index (κ1) is 15.7. The lowest BCUT2D eigenvalue weighted by atomic mass is 9.93. The van der Waals surface area contributed by atoms with Crippen LogP contribution in [0.5, 0.6) is 0 Å². The van der Waals surface area contributed by atoms with Crippen molar-refractivity contribution in [3.63, 3.8) is 0 Å². The van der Waals surface area contributed by atoms with E-state index in [2.05, 4.69) is 10.5 Å². The normalized spacial score (nSPS) is 15.1. The van der Waals surface area contributed by atoms with Gasteiger partial charge in [-0.3, -0.25) is 4.79 Å². The van der Waals surface area contributed by atoms with E-state index < -0.39 is 0 Å². The summed E-state index contributed by atoms with van der Waals surface area (Å²) < 4.78 is 5.17. The van der Waals surface area contributed by atoms with Crippen LogP contribution in [0.3, 0.4) is 0 Å². The second-order valence-electron chi connectivity index (χ2n) is 6.23. The second-order valence-corrected chi connectivity index (χ2v) is 6.23. The first-order valence-corrected chi connectivity index (χ1v) is 6.63. The quantitative estimate of drug-likeness (QED) is 0.857. The van der Waals surface area contributed by atoms with Crippen LogP contribution in [0.25, 0.3) is 0 Å². The maximum atomic E-state index is 11.9. The summed E-state index contributed by atoms with van der Waals surface area (Å²) in [4.78, 5) is 11.9. The van der Waals surface area contributed by atoms with Crippen LogP contribution in [0.2, 0.25) is 0 Å². The Morgan fingerprint density at radius 2 is 2.11 bits per heavy atom. The molecule has 108 valence electrons. The van der Waals surface area contributed by atoms with E-state index in [0.717, 1.165) is 0 Å². The molecular formula is C14H24N2O3. The van der Waals surface area contributed by atoms with E-state index in [1.165, 1.54) is 0 Å². The lowest BCUT2D eigenvalue weighted by molar-refractivity contribution is 0.0930. The standard InChI is InChI=1S/C14H24N2O3/c1-9(6-10(2)17)8-15-13(18)11-7-12(19-16-11)14(3,4)5/h7,9-10,17H,6,8H2,1-5H3,(H,15,18). The Morgan fingerprint density at radius 1 is 1.47 bits per heavy atom. The van der Waals surface area contributed by atoms with Gasteiger partial charge in [-0.05, 0) is 19.3 Å². The van der Waals surface area contributed by atoms with Gasteiger partial charge in [-0.25, -0.2) is 0 Å². The molecule has 0 fully saturated rings. The summed E-state index contributed by atoms with van der Waals surface area (Å²) in [6.45, 7) is 10.2. The number of rotatable bonds is 5. The number of aliphatic hydroxyl groups excluding tert-OH is 1. The lowest BCUT2D eigenvalue weighted by Gasteiger charge is -2.13. The Labute approximate surface area is 114 Å². The van der Waals surface area contributed by atoms with Crippen molar-refractivity contribution in [1.29, 1.82) is 0 Å². The number of carbonyl (C=O) groups is 1. The van der Waals surface area contributed by atoms with E-state index >= 15 is 0 Å². The van der Waals surface area contributed by atoms with Gasteiger partial charge in [0, 0.05) is 18.0 Å². The van der Waals surface area contributed by atoms with Gasteiger partial charge >= 0.3 is 0 Å². The SMILES string of the molecule is CC(O)CC(C)CNC(=O)c1cc(C(C)(C)C)on1. The summed E-state index contributed by atoms with van der Waals surface area (Å²) in [6.07, 6.45) is 0.304. The van der Waals surface area contributed by atoms with Crippen molar-refractivity contribution in [3.8, 4) is 0 Å². The maximum Gasteiger partial charge on any atom is 0.273 e. The van der Waals surface area contributed by atoms with Crippen molar-refractivity contribution < 1.29 is 14.4 Å². The van der Waals surface area contributed by atoms with Crippen LogP contribution < -0.4 is 5.32 Å². The van der Waals surface area contributed by atoms with Crippen LogP contribution in [0.4, 0.5) is 0 Å². The molecule has 0 aliphatic heterocycles. The van der Waals surface area contributed by atoms with Crippen molar-refractivity contribution in [1.82, 2.24) is 10.5 Å². The van der Waals surface area contributed by atoms with Crippen LogP contribution in [0.1, 0.15) is 57.3 Å². The molecule has 2 unspecified atom stereocenters. The summed E-state index contributed by atoms with van der Waals surface area (Å²) in [5.74, 6) is 0.671. The Bertz CT molecular complexity index is 419. The maximum absolute atomic E-state index is 11.9. The predicted octanol–water partition coefficient (Wildman–Crippen LogP) is 2.11. The van der Waals surface area contributed by atoms with E-state index in [1.54, 1.807) is 13.0 Å². The molecule has 5 nitrogen and oxygen atoms in total. The second kappa shape index (κ2) is 6.19. The number of aromatic nitrogens is 1. The van der Waals surface area contributed by atoms with Gasteiger partial charge in [0.2, 0.25) is 0 Å². The number of amides is 1. The largest absolute Gasteiger partial charge is 0.393 e. The third-order valence-corrected chi connectivity index (χ3v) is 2.84. The fraction of sp³-hybridized carbons (Fsp3) is 0.714. The van der Waals surface area contributed by atoms with Crippen molar-refractivity contribution >= 4 is 5.91 Å². The van der Waals surface area contributed by atoms with E-state index in [4.69, 9.17) is 4.52 Å². The van der Waals surface area contributed by atoms with E-state index in [0.29, 0.717) is 24.4 Å². The number of nitrogens with zero attached hydrogens (tertiary/aromatic N) is 1. The molecule has 1 heterocycles. The fourth-order valence-corrected chi connectivity index (χ4v) is 1.76. The van der Waals surface area contributed by atoms with Crippen molar-refractivity contribution in [2.45, 2.75) is 52.6 Å². The third-order valence-electron chi connectivity index (χ3n) is 2.84. The van der Waals surface area contributed by atoms with Gasteiger partial charge in [0.25, 0.3) is 5.91 Å². The van der Waals surface area contributed by atoms with Gasteiger partial charge in [0.15, 0.2) is 5.69 Å². The Balaban J connectivity index is 2.52. The minimum atomic E-state index is -0.355. The molecule has 0 aliphatic rings. The molecule has 1 aromatic heterocycles. The van der Waals surface area contributed by atoms with Crippen LogP contribution in [-0.4, -0.2) is 28.8 Å². The van der Waals surface area contributed by atoms with Crippen LogP contribution in [0.15, 0.2) is 10.6 Å². The fourth-order valence-electron chi connectivity index (χ4n) is 1.76. The first-order chi connectivity index (χ1) is 8.70. The topological polar surface area (TPSA) is 75.4 Å². The number of carbonyl (C=O) groups excluding carboxylic acids is 1. The Kier molecular flexibility index (Phi) is 5.11. The van der Waals surface area contributed by atoms with Crippen LogP contribution >= 0.6 is 0 Å². The minimum absolute atomic E-state index is 0.162. The number of hydrogen-bond acceptors (Lipinski definition) is 4. The average Bonchev–Trinajstić information content (AvgIpc) is 2.73. The first-order valence-electron chi connectivity index (χ1n) is 6.63. The lowest BCUT2D eigenvalue weighted by Crippen LogP contribution is -2.29. The molecule has 0 saturated heterocycles. The van der Waals surface area contributed by atoms with E-state index in [-0.39, 0.29) is 23.3 Å².